The Morgan fingerprint density at radius 1 is 0.367 bits per heavy atom. The van der Waals surface area contributed by atoms with Gasteiger partial charge >= 0.3 is 83.4 Å². The van der Waals surface area contributed by atoms with E-state index >= 15 is 0 Å². The van der Waals surface area contributed by atoms with E-state index in [0.717, 1.165) is 16.7 Å². The van der Waals surface area contributed by atoms with Crippen molar-refractivity contribution < 1.29 is 245 Å². The van der Waals surface area contributed by atoms with Crippen molar-refractivity contribution in [3.8, 4) is 11.4 Å². The summed E-state index contributed by atoms with van der Waals surface area (Å²) < 4.78 is 0. The van der Waals surface area contributed by atoms with Gasteiger partial charge in [0, 0.05) is 89.1 Å². The number of imidazole rings is 1. The molecule has 794 valence electrons. The maximum absolute atomic E-state index is 11.3. The lowest BCUT2D eigenvalue weighted by atomic mass is 9.92. The fraction of sp³-hybridized carbons (Fsp3) is 0.605. The van der Waals surface area contributed by atoms with Gasteiger partial charge in [0.1, 0.15) is 48.7 Å². The van der Waals surface area contributed by atoms with Gasteiger partial charge in [-0.15, -0.1) is 0 Å². The van der Waals surface area contributed by atoms with E-state index in [1.165, 1.54) is 0 Å². The van der Waals surface area contributed by atoms with Crippen LogP contribution < -0.4 is 63.8 Å². The standard InChI is InChI=1S/C19H26N4O8.C16H24N2O8.C13H26N2O8.C10H20N2O10.C9H14N2O8.C9H16N2O7/c24-17(25)8-14(19(26)27)21-10-16-15(9-20-13(11-31-29)6-7-30-28)22-18(23-16)12-4-2-1-3-5-12;19-15(20)7-14(16(21)22)18-9-12-4-2-1-3-11(12)8-17-13(10-26-24)5-6-25-23;1-13(2,7-14-9(6-23-21)3-4-22-20)8-15-10(12(18)19)5-11(16)17;13-6(4-22-20)5(3-21-19)11-1-2-12-7(9(15)16)8(14)10(17)18;12-6(13)4-5(9(16)17)11-8(15)7(14)10-2-1-3-19-18;12-7(10-2-1-3-18-17)5-11-6(9(15)16)4-8(13)14/h1-5,13-14,20-21,28-29H,6-11H2,(H,22,23)(H,24,25)(H,26,27);1-4,13-14,17-18,23-24H,5-10H2,(H,19,20)(H,21,22);9-10,14-15,20-21H,3-8H2,1-2H3,(H,16,17)(H,18,19);5-8,11-14,19-20H,1-4H2,(H,15,16)(H,17,18);5,18H,1-4H2,(H,10,14)(H,11,15)(H,12,13)(H,16,17);6,11,17H,1-5H2,(H,10,12)(H,13,14)(H,15,16). The van der Waals surface area contributed by atoms with Crippen LogP contribution in [0.25, 0.3) is 11.4 Å². The van der Waals surface area contributed by atoms with Gasteiger partial charge in [-0.05, 0) is 48.6 Å². The lowest BCUT2D eigenvalue weighted by molar-refractivity contribution is -0.272. The summed E-state index contributed by atoms with van der Waals surface area (Å²) in [6.45, 7) is 4.62. The molecule has 0 saturated heterocycles. The van der Waals surface area contributed by atoms with Crippen molar-refractivity contribution in [1.82, 2.24) is 73.8 Å². The second kappa shape index (κ2) is 80.3. The monoisotopic (exact) mass is 2020 g/mol. The summed E-state index contributed by atoms with van der Waals surface area (Å²) in [7, 11) is 0. The molecule has 0 radical (unpaired) electrons. The minimum atomic E-state index is -2.12. The number of aliphatic hydroxyl groups is 2. The number of nitrogens with one attached hydrogen (secondary N) is 13. The van der Waals surface area contributed by atoms with E-state index in [1.807, 2.05) is 56.3 Å². The molecular weight excluding hydrogens is 1890 g/mol. The van der Waals surface area contributed by atoms with Gasteiger partial charge in [-0.2, -0.15) is 0 Å². The largest absolute Gasteiger partial charge is 0.481 e. The Balaban J connectivity index is -0.00000161. The Kier molecular flexibility index (Phi) is 76.0. The number of aliphatic hydroxyl groups excluding tert-OH is 2. The number of H-pyrrole nitrogens is 1. The van der Waals surface area contributed by atoms with Crippen LogP contribution in [-0.4, -0.2) is 408 Å². The summed E-state index contributed by atoms with van der Waals surface area (Å²) in [5.74, 6) is -18.4. The van der Waals surface area contributed by atoms with E-state index < -0.39 is 183 Å². The number of aliphatic carboxylic acids is 12. The molecule has 0 spiro atoms. The van der Waals surface area contributed by atoms with Gasteiger partial charge in [-0.1, -0.05) is 68.4 Å². The first-order valence-corrected chi connectivity index (χ1v) is 41.2. The summed E-state index contributed by atoms with van der Waals surface area (Å²) in [4.78, 5) is 210. The summed E-state index contributed by atoms with van der Waals surface area (Å²) in [6, 6.07) is 6.50. The molecule has 2 aromatic carbocycles. The van der Waals surface area contributed by atoms with Crippen molar-refractivity contribution in [1.29, 1.82) is 0 Å². The normalized spacial score (nSPS) is 13.5. The molecule has 3 aromatic rings. The van der Waals surface area contributed by atoms with E-state index in [2.05, 4.69) is 117 Å². The van der Waals surface area contributed by atoms with Crippen LogP contribution in [-0.2, 0) is 147 Å². The number of hydrogen-bond acceptors (Lipinski definition) is 47. The number of amides is 3. The van der Waals surface area contributed by atoms with Crippen molar-refractivity contribution in [3.63, 3.8) is 0 Å². The number of carboxylic acids is 12. The van der Waals surface area contributed by atoms with Crippen LogP contribution >= 0.6 is 0 Å². The zero-order valence-corrected chi connectivity index (χ0v) is 74.9. The molecule has 0 aliphatic rings. The molecule has 0 fully saturated rings. The van der Waals surface area contributed by atoms with Gasteiger partial charge in [-0.3, -0.25) is 131 Å². The van der Waals surface area contributed by atoms with Crippen LogP contribution in [0.5, 0.6) is 0 Å². The SMILES string of the molecule is CC(C)(CNC(CCOO)COO)CNC(CC(=O)O)C(=O)O.O=C(O)C(O)C(NCCNC(COO)C(O)COO)C(=O)O.O=C(O)CC(NC(=O)C(=O)NCCCOO)C(=O)O.O=C(O)CC(NCC(=O)NCCCOO)C(=O)O.O=C(O)CC(NCc1[nH]c(-c2ccccc2)nc1CNC(CCOO)COO)C(=O)O.O=C(O)CC(NCc1ccccc1CNC(CCOO)COO)C(=O)O. The van der Waals surface area contributed by atoms with E-state index in [4.69, 9.17) is 109 Å². The predicted molar refractivity (Wildman–Crippen MR) is 459 cm³/mol. The molecule has 0 aliphatic carbocycles. The molecule has 3 amide bonds. The molecule has 0 bridgehead atoms. The van der Waals surface area contributed by atoms with Gasteiger partial charge in [0.15, 0.2) is 6.10 Å². The number of nitrogens with zero attached hydrogens (tertiary/aromatic N) is 1. The second-order valence-electron chi connectivity index (χ2n) is 29.5. The van der Waals surface area contributed by atoms with Crippen molar-refractivity contribution in [3.05, 3.63) is 77.1 Å². The summed E-state index contributed by atoms with van der Waals surface area (Å²) in [5, 5.41) is 239. The number of carboxylic acid groups (broad SMARTS) is 12. The highest BCUT2D eigenvalue weighted by molar-refractivity contribution is 6.35. The van der Waals surface area contributed by atoms with E-state index in [9.17, 15) is 87.2 Å². The Morgan fingerprint density at radius 3 is 1.17 bits per heavy atom. The lowest BCUT2D eigenvalue weighted by Gasteiger charge is -2.29. The lowest BCUT2D eigenvalue weighted by Crippen LogP contribution is -2.53. The first-order valence-electron chi connectivity index (χ1n) is 41.2. The maximum Gasteiger partial charge on any atom is 0.334 e. The Bertz CT molecular complexity index is 4000. The highest BCUT2D eigenvalue weighted by Crippen LogP contribution is 2.20. The van der Waals surface area contributed by atoms with Gasteiger partial charge in [0.2, 0.25) is 5.91 Å². The molecule has 37 N–H and O–H groups in total. The Hall–Kier alpha value is -11.5. The minimum absolute atomic E-state index is 0.00345. The number of aromatic amines is 1. The van der Waals surface area contributed by atoms with Gasteiger partial charge < -0.3 is 124 Å². The first kappa shape index (κ1) is 132. The van der Waals surface area contributed by atoms with E-state index in [-0.39, 0.29) is 148 Å². The van der Waals surface area contributed by atoms with Gasteiger partial charge in [-0.25, -0.2) is 63.4 Å². The third-order valence-corrected chi connectivity index (χ3v) is 18.0. The minimum Gasteiger partial charge on any atom is -0.481 e. The fourth-order valence-corrected chi connectivity index (χ4v) is 10.7. The smallest absolute Gasteiger partial charge is 0.334 e. The molecule has 0 aliphatic heterocycles. The number of benzene rings is 2. The summed E-state index contributed by atoms with van der Waals surface area (Å²) >= 11 is 0. The molecule has 63 nitrogen and oxygen atoms in total. The zero-order chi connectivity index (χ0) is 106. The second-order valence-corrected chi connectivity index (χ2v) is 29.5. The predicted octanol–water partition coefficient (Wildman–Crippen LogP) is -5.39. The molecular formula is C76H126N14O49. The molecule has 12 atom stereocenters. The highest BCUT2D eigenvalue weighted by atomic mass is 17.1. The van der Waals surface area contributed by atoms with Crippen molar-refractivity contribution >= 4 is 89.4 Å². The van der Waals surface area contributed by atoms with Crippen LogP contribution in [0.1, 0.15) is 101 Å². The number of rotatable bonds is 74. The van der Waals surface area contributed by atoms with Crippen LogP contribution in [0.3, 0.4) is 0 Å². The molecule has 12 unspecified atom stereocenters. The number of carbonyl (C=O) groups is 15. The molecule has 0 saturated carbocycles. The van der Waals surface area contributed by atoms with Gasteiger partial charge in [0.05, 0.1) is 122 Å². The van der Waals surface area contributed by atoms with E-state index in [1.54, 1.807) is 17.4 Å². The molecule has 1 heterocycles. The third kappa shape index (κ3) is 67.4. The van der Waals surface area contributed by atoms with Crippen molar-refractivity contribution in [2.24, 2.45) is 5.41 Å². The Morgan fingerprint density at radius 2 is 0.748 bits per heavy atom. The number of hydrogen-bond donors (Lipinski definition) is 37. The molecule has 3 rings (SSSR count). The fourth-order valence-electron chi connectivity index (χ4n) is 10.7. The number of carbonyl (C=O) groups excluding carboxylic acids is 3. The highest BCUT2D eigenvalue weighted by Gasteiger charge is 2.33. The van der Waals surface area contributed by atoms with Crippen LogP contribution in [0.15, 0.2) is 54.6 Å². The third-order valence-electron chi connectivity index (χ3n) is 18.0. The average molecular weight is 2020 g/mol. The number of aromatic nitrogens is 2. The molecule has 139 heavy (non-hydrogen) atoms. The quantitative estimate of drug-likeness (QED) is 0.0109. The zero-order valence-electron chi connectivity index (χ0n) is 74.9. The average Bonchev–Trinajstić information content (AvgIpc) is 1.68. The molecule has 63 heteroatoms. The van der Waals surface area contributed by atoms with E-state index in [0.29, 0.717) is 56.0 Å². The summed E-state index contributed by atoms with van der Waals surface area (Å²) in [5.41, 5.74) is 3.24. The van der Waals surface area contributed by atoms with Crippen LogP contribution in [0.2, 0.25) is 0 Å². The molecule has 1 aromatic heterocycles. The van der Waals surface area contributed by atoms with Crippen molar-refractivity contribution in [2.75, 3.05) is 112 Å². The van der Waals surface area contributed by atoms with Crippen LogP contribution in [0, 0.1) is 5.41 Å². The van der Waals surface area contributed by atoms with Crippen molar-refractivity contribution in [2.45, 2.75) is 177 Å². The Labute approximate surface area is 788 Å². The van der Waals surface area contributed by atoms with Crippen LogP contribution in [0.4, 0.5) is 0 Å². The van der Waals surface area contributed by atoms with Gasteiger partial charge in [0.25, 0.3) is 0 Å². The first-order chi connectivity index (χ1) is 65.8. The maximum atomic E-state index is 11.3. The summed E-state index contributed by atoms with van der Waals surface area (Å²) in [6.07, 6.45) is -4.60. The topological polar surface area (TPSA) is 1010 Å².